The minimum atomic E-state index is -4.75. The molecule has 0 bridgehead atoms. The van der Waals surface area contributed by atoms with Gasteiger partial charge in [0, 0.05) is 51.0 Å². The Labute approximate surface area is 184 Å². The SMILES string of the molecule is Cc1nc(N2CCCC2)cc(N2CCN(C(=O)Nc3ccc(OC(F)(F)F)cc3)CC2)n1. The number of alkyl halides is 3. The van der Waals surface area contributed by atoms with Crippen molar-refractivity contribution in [2.24, 2.45) is 0 Å². The standard InChI is InChI=1S/C21H25F3N6O2/c1-15-25-18(28-8-2-3-9-28)14-19(26-15)29-10-12-30(13-11-29)20(31)27-16-4-6-17(7-5-16)32-21(22,23)24/h4-7,14H,2-3,8-13H2,1H3,(H,27,31). The number of piperazine rings is 1. The summed E-state index contributed by atoms with van der Waals surface area (Å²) in [5.74, 6) is 2.20. The Morgan fingerprint density at radius 1 is 0.938 bits per heavy atom. The van der Waals surface area contributed by atoms with Crippen molar-refractivity contribution in [2.45, 2.75) is 26.1 Å². The molecule has 1 aromatic heterocycles. The van der Waals surface area contributed by atoms with Crippen LogP contribution in [0.25, 0.3) is 0 Å². The third-order valence-corrected chi connectivity index (χ3v) is 5.47. The van der Waals surface area contributed by atoms with Gasteiger partial charge in [0.15, 0.2) is 0 Å². The molecule has 1 aromatic carbocycles. The van der Waals surface area contributed by atoms with E-state index in [1.54, 1.807) is 4.90 Å². The van der Waals surface area contributed by atoms with Gasteiger partial charge in [-0.1, -0.05) is 0 Å². The summed E-state index contributed by atoms with van der Waals surface area (Å²) in [6.45, 7) is 6.16. The quantitative estimate of drug-likeness (QED) is 0.767. The lowest BCUT2D eigenvalue weighted by molar-refractivity contribution is -0.274. The van der Waals surface area contributed by atoms with Gasteiger partial charge in [0.1, 0.15) is 23.2 Å². The Bertz CT molecular complexity index is 940. The number of rotatable bonds is 4. The van der Waals surface area contributed by atoms with Crippen LogP contribution in [0.5, 0.6) is 5.75 Å². The van der Waals surface area contributed by atoms with Crippen LogP contribution in [0.2, 0.25) is 0 Å². The van der Waals surface area contributed by atoms with E-state index in [9.17, 15) is 18.0 Å². The molecule has 172 valence electrons. The molecule has 0 saturated carbocycles. The number of hydrogen-bond donors (Lipinski definition) is 1. The molecule has 2 amide bonds. The van der Waals surface area contributed by atoms with Gasteiger partial charge in [-0.15, -0.1) is 13.2 Å². The van der Waals surface area contributed by atoms with Gasteiger partial charge in [0.2, 0.25) is 0 Å². The highest BCUT2D eigenvalue weighted by Gasteiger charge is 2.31. The highest BCUT2D eigenvalue weighted by Crippen LogP contribution is 2.25. The molecule has 4 rings (SSSR count). The number of anilines is 3. The van der Waals surface area contributed by atoms with E-state index < -0.39 is 6.36 Å². The number of nitrogens with one attached hydrogen (secondary N) is 1. The summed E-state index contributed by atoms with van der Waals surface area (Å²) in [6, 6.07) is 6.79. The van der Waals surface area contributed by atoms with Crippen molar-refractivity contribution in [2.75, 3.05) is 54.4 Å². The molecule has 2 aliphatic rings. The van der Waals surface area contributed by atoms with E-state index in [2.05, 4.69) is 29.8 Å². The summed E-state index contributed by atoms with van der Waals surface area (Å²) < 4.78 is 40.6. The number of benzene rings is 1. The molecule has 2 aromatic rings. The lowest BCUT2D eigenvalue weighted by atomic mass is 10.3. The molecule has 8 nitrogen and oxygen atoms in total. The average Bonchev–Trinajstić information content (AvgIpc) is 3.29. The molecule has 2 fully saturated rings. The Morgan fingerprint density at radius 2 is 1.50 bits per heavy atom. The maximum absolute atomic E-state index is 12.6. The van der Waals surface area contributed by atoms with E-state index in [1.807, 2.05) is 13.0 Å². The molecule has 0 unspecified atom stereocenters. The zero-order valence-corrected chi connectivity index (χ0v) is 17.7. The Morgan fingerprint density at radius 3 is 2.06 bits per heavy atom. The predicted octanol–water partition coefficient (Wildman–Crippen LogP) is 3.64. The molecule has 0 atom stereocenters. The predicted molar refractivity (Wildman–Crippen MR) is 114 cm³/mol. The number of aromatic nitrogens is 2. The number of carbonyl (C=O) groups excluding carboxylic acids is 1. The van der Waals surface area contributed by atoms with E-state index in [4.69, 9.17) is 0 Å². The molecule has 2 saturated heterocycles. The molecule has 2 aliphatic heterocycles. The number of hydrogen-bond acceptors (Lipinski definition) is 6. The first-order valence-electron chi connectivity index (χ1n) is 10.5. The Kier molecular flexibility index (Phi) is 6.24. The molecule has 1 N–H and O–H groups in total. The third kappa shape index (κ3) is 5.51. The van der Waals surface area contributed by atoms with Crippen LogP contribution in [0.4, 0.5) is 35.3 Å². The van der Waals surface area contributed by atoms with Gasteiger partial charge < -0.3 is 24.8 Å². The molecule has 0 aliphatic carbocycles. The zero-order valence-electron chi connectivity index (χ0n) is 17.7. The van der Waals surface area contributed by atoms with Crippen LogP contribution in [0.1, 0.15) is 18.7 Å². The van der Waals surface area contributed by atoms with Gasteiger partial charge in [0.05, 0.1) is 0 Å². The van der Waals surface area contributed by atoms with Gasteiger partial charge in [-0.3, -0.25) is 0 Å². The van der Waals surface area contributed by atoms with E-state index in [0.717, 1.165) is 42.7 Å². The minimum Gasteiger partial charge on any atom is -0.406 e. The first-order chi connectivity index (χ1) is 15.3. The number of ether oxygens (including phenoxy) is 1. The highest BCUT2D eigenvalue weighted by atomic mass is 19.4. The van der Waals surface area contributed by atoms with Crippen molar-refractivity contribution in [3.05, 3.63) is 36.2 Å². The number of amides is 2. The third-order valence-electron chi connectivity index (χ3n) is 5.47. The lowest BCUT2D eigenvalue weighted by Crippen LogP contribution is -2.50. The first-order valence-corrected chi connectivity index (χ1v) is 10.5. The van der Waals surface area contributed by atoms with E-state index in [1.165, 1.54) is 25.0 Å². The number of nitrogens with zero attached hydrogens (tertiary/aromatic N) is 5. The van der Waals surface area contributed by atoms with E-state index in [-0.39, 0.29) is 11.8 Å². The minimum absolute atomic E-state index is 0.300. The second kappa shape index (κ2) is 9.09. The summed E-state index contributed by atoms with van der Waals surface area (Å²) in [5, 5.41) is 2.71. The smallest absolute Gasteiger partial charge is 0.406 e. The fourth-order valence-corrected chi connectivity index (χ4v) is 3.89. The molecule has 3 heterocycles. The first kappa shape index (κ1) is 22.0. The summed E-state index contributed by atoms with van der Waals surface area (Å²) in [7, 11) is 0. The van der Waals surface area contributed by atoms with Crippen LogP contribution >= 0.6 is 0 Å². The fourth-order valence-electron chi connectivity index (χ4n) is 3.89. The Hall–Kier alpha value is -3.24. The zero-order chi connectivity index (χ0) is 22.7. The van der Waals surface area contributed by atoms with Crippen molar-refractivity contribution < 1.29 is 22.7 Å². The number of carbonyl (C=O) groups is 1. The molecular weight excluding hydrogens is 425 g/mol. The molecule has 11 heteroatoms. The van der Waals surface area contributed by atoms with Gasteiger partial charge in [0.25, 0.3) is 0 Å². The lowest BCUT2D eigenvalue weighted by Gasteiger charge is -2.35. The number of halogens is 3. The number of urea groups is 1. The van der Waals surface area contributed by atoms with Gasteiger partial charge in [-0.25, -0.2) is 14.8 Å². The Balaban J connectivity index is 1.32. The molecular formula is C21H25F3N6O2. The second-order valence-electron chi connectivity index (χ2n) is 7.80. The van der Waals surface area contributed by atoms with Crippen LogP contribution in [0, 0.1) is 6.92 Å². The van der Waals surface area contributed by atoms with Gasteiger partial charge in [-0.2, -0.15) is 0 Å². The highest BCUT2D eigenvalue weighted by molar-refractivity contribution is 5.89. The van der Waals surface area contributed by atoms with Crippen LogP contribution in [0.15, 0.2) is 30.3 Å². The maximum atomic E-state index is 12.6. The normalized spacial score (nSPS) is 16.9. The summed E-state index contributed by atoms with van der Waals surface area (Å²) >= 11 is 0. The monoisotopic (exact) mass is 450 g/mol. The van der Waals surface area contributed by atoms with Crippen molar-refractivity contribution in [1.82, 2.24) is 14.9 Å². The number of aryl methyl sites for hydroxylation is 1. The molecule has 0 spiro atoms. The second-order valence-corrected chi connectivity index (χ2v) is 7.80. The molecule has 0 radical (unpaired) electrons. The van der Waals surface area contributed by atoms with Crippen molar-refractivity contribution in [1.29, 1.82) is 0 Å². The van der Waals surface area contributed by atoms with Crippen LogP contribution in [-0.4, -0.2) is 66.5 Å². The summed E-state index contributed by atoms with van der Waals surface area (Å²) in [4.78, 5) is 27.8. The molecule has 32 heavy (non-hydrogen) atoms. The topological polar surface area (TPSA) is 73.8 Å². The van der Waals surface area contributed by atoms with Gasteiger partial charge >= 0.3 is 12.4 Å². The maximum Gasteiger partial charge on any atom is 0.573 e. The van der Waals surface area contributed by atoms with E-state index >= 15 is 0 Å². The van der Waals surface area contributed by atoms with Crippen LogP contribution < -0.4 is 19.9 Å². The van der Waals surface area contributed by atoms with E-state index in [0.29, 0.717) is 31.9 Å². The van der Waals surface area contributed by atoms with Crippen molar-refractivity contribution in [3.63, 3.8) is 0 Å². The largest absolute Gasteiger partial charge is 0.573 e. The summed E-state index contributed by atoms with van der Waals surface area (Å²) in [6.07, 6.45) is -2.41. The van der Waals surface area contributed by atoms with Crippen molar-refractivity contribution >= 4 is 23.4 Å². The summed E-state index contributed by atoms with van der Waals surface area (Å²) in [5.41, 5.74) is 0.397. The van der Waals surface area contributed by atoms with Gasteiger partial charge in [-0.05, 0) is 44.0 Å². The van der Waals surface area contributed by atoms with Crippen LogP contribution in [-0.2, 0) is 0 Å². The van der Waals surface area contributed by atoms with Crippen LogP contribution in [0.3, 0.4) is 0 Å². The van der Waals surface area contributed by atoms with Crippen molar-refractivity contribution in [3.8, 4) is 5.75 Å². The fraction of sp³-hybridized carbons (Fsp3) is 0.476. The average molecular weight is 450 g/mol.